The van der Waals surface area contributed by atoms with Crippen LogP contribution in [0.2, 0.25) is 0 Å². The minimum absolute atomic E-state index is 0.0173. The molecule has 0 heterocycles. The van der Waals surface area contributed by atoms with Crippen molar-refractivity contribution in [3.05, 3.63) is 29.8 Å². The summed E-state index contributed by atoms with van der Waals surface area (Å²) in [6.07, 6.45) is -1.04. The van der Waals surface area contributed by atoms with Gasteiger partial charge in [0.05, 0.1) is 0 Å². The lowest BCUT2D eigenvalue weighted by molar-refractivity contribution is -0.157. The topological polar surface area (TPSA) is 66.8 Å². The van der Waals surface area contributed by atoms with E-state index in [4.69, 9.17) is 9.84 Å². The third-order valence-corrected chi connectivity index (χ3v) is 3.24. The van der Waals surface area contributed by atoms with E-state index in [1.54, 1.807) is 0 Å². The number of halogens is 2. The number of nitrogens with zero attached hydrogens (tertiary/aromatic N) is 1. The predicted octanol–water partition coefficient (Wildman–Crippen LogP) is 2.05. The molecule has 1 unspecified atom stereocenters. The molecule has 0 saturated carbocycles. The third kappa shape index (κ3) is 3.68. The summed E-state index contributed by atoms with van der Waals surface area (Å²) in [5, 5.41) is 9.07. The fraction of sp³-hybridized carbons (Fsp3) is 0.429. The van der Waals surface area contributed by atoms with Gasteiger partial charge in [-0.3, -0.25) is 4.79 Å². The highest BCUT2D eigenvalue weighted by atomic mass is 19.2. The Bertz CT molecular complexity index is 560. The number of ether oxygens (including phenoxy) is 1. The van der Waals surface area contributed by atoms with E-state index in [0.717, 1.165) is 17.0 Å². The second-order valence-electron chi connectivity index (χ2n) is 5.10. The molecule has 0 bridgehead atoms. The van der Waals surface area contributed by atoms with Gasteiger partial charge >= 0.3 is 5.97 Å². The SMILES string of the molecule is CC(Oc1ccc(F)c(F)c1)C(=O)N(C)C(C)(C)C(=O)O. The van der Waals surface area contributed by atoms with Crippen molar-refractivity contribution in [1.29, 1.82) is 0 Å². The fourth-order valence-corrected chi connectivity index (χ4v) is 1.50. The Morgan fingerprint density at radius 1 is 1.29 bits per heavy atom. The van der Waals surface area contributed by atoms with Crippen molar-refractivity contribution in [2.45, 2.75) is 32.4 Å². The van der Waals surface area contributed by atoms with Crippen LogP contribution in [0.3, 0.4) is 0 Å². The summed E-state index contributed by atoms with van der Waals surface area (Å²) in [5.41, 5.74) is -1.41. The Hall–Kier alpha value is -2.18. The van der Waals surface area contributed by atoms with Crippen LogP contribution in [-0.4, -0.2) is 40.6 Å². The van der Waals surface area contributed by atoms with Crippen molar-refractivity contribution in [1.82, 2.24) is 4.90 Å². The summed E-state index contributed by atoms with van der Waals surface area (Å²) >= 11 is 0. The predicted molar refractivity (Wildman–Crippen MR) is 70.9 cm³/mol. The number of aliphatic carboxylic acids is 1. The molecule has 0 fully saturated rings. The van der Waals surface area contributed by atoms with Crippen LogP contribution < -0.4 is 4.74 Å². The minimum Gasteiger partial charge on any atom is -0.481 e. The molecule has 1 N–H and O–H groups in total. The van der Waals surface area contributed by atoms with Crippen molar-refractivity contribution in [2.75, 3.05) is 7.05 Å². The maximum Gasteiger partial charge on any atom is 0.329 e. The Morgan fingerprint density at radius 2 is 1.86 bits per heavy atom. The number of hydrogen-bond donors (Lipinski definition) is 1. The Balaban J connectivity index is 2.83. The van der Waals surface area contributed by atoms with E-state index in [0.29, 0.717) is 0 Å². The molecule has 0 aromatic heterocycles. The molecule has 1 rings (SSSR count). The van der Waals surface area contributed by atoms with E-state index < -0.39 is 35.2 Å². The summed E-state index contributed by atoms with van der Waals surface area (Å²) in [5.74, 6) is -3.89. The molecule has 116 valence electrons. The number of likely N-dealkylation sites (N-methyl/N-ethyl adjacent to an activating group) is 1. The van der Waals surface area contributed by atoms with Gasteiger partial charge < -0.3 is 14.7 Å². The molecule has 7 heteroatoms. The number of carbonyl (C=O) groups excluding carboxylic acids is 1. The van der Waals surface area contributed by atoms with Crippen LogP contribution in [0, 0.1) is 11.6 Å². The first-order valence-electron chi connectivity index (χ1n) is 6.20. The van der Waals surface area contributed by atoms with Crippen LogP contribution in [0.4, 0.5) is 8.78 Å². The molecule has 0 aliphatic carbocycles. The normalized spacial score (nSPS) is 12.7. The highest BCUT2D eigenvalue weighted by Crippen LogP contribution is 2.19. The van der Waals surface area contributed by atoms with Crippen LogP contribution >= 0.6 is 0 Å². The summed E-state index contributed by atoms with van der Waals surface area (Å²) in [4.78, 5) is 24.3. The zero-order valence-electron chi connectivity index (χ0n) is 12.2. The summed E-state index contributed by atoms with van der Waals surface area (Å²) in [7, 11) is 1.33. The van der Waals surface area contributed by atoms with Gasteiger partial charge in [0.1, 0.15) is 11.3 Å². The zero-order valence-corrected chi connectivity index (χ0v) is 12.2. The number of carboxylic acids is 1. The van der Waals surface area contributed by atoms with Gasteiger partial charge in [0.15, 0.2) is 17.7 Å². The molecule has 0 radical (unpaired) electrons. The molecule has 1 amide bonds. The quantitative estimate of drug-likeness (QED) is 0.904. The van der Waals surface area contributed by atoms with Gasteiger partial charge in [0, 0.05) is 13.1 Å². The first-order chi connectivity index (χ1) is 9.57. The average Bonchev–Trinajstić information content (AvgIpc) is 2.40. The third-order valence-electron chi connectivity index (χ3n) is 3.24. The van der Waals surface area contributed by atoms with Crippen LogP contribution in [0.1, 0.15) is 20.8 Å². The van der Waals surface area contributed by atoms with Crippen LogP contribution in [0.25, 0.3) is 0 Å². The molecule has 0 spiro atoms. The molecule has 1 atom stereocenters. The van der Waals surface area contributed by atoms with Crippen molar-refractivity contribution < 1.29 is 28.2 Å². The summed E-state index contributed by atoms with van der Waals surface area (Å²) in [6, 6.07) is 2.89. The van der Waals surface area contributed by atoms with Crippen molar-refractivity contribution in [3.8, 4) is 5.75 Å². The van der Waals surface area contributed by atoms with E-state index >= 15 is 0 Å². The summed E-state index contributed by atoms with van der Waals surface area (Å²) < 4.78 is 31.1. The minimum atomic E-state index is -1.41. The smallest absolute Gasteiger partial charge is 0.329 e. The summed E-state index contributed by atoms with van der Waals surface area (Å²) in [6.45, 7) is 4.15. The van der Waals surface area contributed by atoms with Gasteiger partial charge in [-0.15, -0.1) is 0 Å². The van der Waals surface area contributed by atoms with Gasteiger partial charge in [-0.05, 0) is 32.9 Å². The van der Waals surface area contributed by atoms with Gasteiger partial charge in [-0.25, -0.2) is 13.6 Å². The first-order valence-corrected chi connectivity index (χ1v) is 6.20. The van der Waals surface area contributed by atoms with Gasteiger partial charge in [-0.1, -0.05) is 0 Å². The van der Waals surface area contributed by atoms with Gasteiger partial charge in [-0.2, -0.15) is 0 Å². The maximum atomic E-state index is 13.1. The largest absolute Gasteiger partial charge is 0.481 e. The maximum absolute atomic E-state index is 13.1. The Morgan fingerprint density at radius 3 is 2.33 bits per heavy atom. The van der Waals surface area contributed by atoms with E-state index in [9.17, 15) is 18.4 Å². The lowest BCUT2D eigenvalue weighted by atomic mass is 10.0. The average molecular weight is 301 g/mol. The lowest BCUT2D eigenvalue weighted by Crippen LogP contribution is -2.54. The van der Waals surface area contributed by atoms with Crippen LogP contribution in [0.15, 0.2) is 18.2 Å². The number of rotatable bonds is 5. The molecule has 0 saturated heterocycles. The monoisotopic (exact) mass is 301 g/mol. The molecule has 0 aliphatic heterocycles. The molecule has 21 heavy (non-hydrogen) atoms. The van der Waals surface area contributed by atoms with E-state index in [1.165, 1.54) is 33.9 Å². The number of benzene rings is 1. The number of hydrogen-bond acceptors (Lipinski definition) is 3. The van der Waals surface area contributed by atoms with E-state index in [2.05, 4.69) is 0 Å². The van der Waals surface area contributed by atoms with Crippen molar-refractivity contribution in [3.63, 3.8) is 0 Å². The number of amides is 1. The zero-order chi connectivity index (χ0) is 16.4. The lowest BCUT2D eigenvalue weighted by Gasteiger charge is -2.33. The first kappa shape index (κ1) is 16.9. The molecular formula is C14H17F2NO4. The number of carbonyl (C=O) groups is 2. The van der Waals surface area contributed by atoms with Gasteiger partial charge in [0.25, 0.3) is 5.91 Å². The van der Waals surface area contributed by atoms with Crippen LogP contribution in [-0.2, 0) is 9.59 Å². The van der Waals surface area contributed by atoms with Crippen molar-refractivity contribution >= 4 is 11.9 Å². The molecule has 1 aromatic rings. The Kier molecular flexibility index (Phi) is 4.88. The number of carboxylic acid groups (broad SMARTS) is 1. The van der Waals surface area contributed by atoms with E-state index in [1.807, 2.05) is 0 Å². The fourth-order valence-electron chi connectivity index (χ4n) is 1.50. The van der Waals surface area contributed by atoms with E-state index in [-0.39, 0.29) is 5.75 Å². The van der Waals surface area contributed by atoms with Gasteiger partial charge in [0.2, 0.25) is 0 Å². The second kappa shape index (κ2) is 6.07. The highest BCUT2D eigenvalue weighted by Gasteiger charge is 2.37. The highest BCUT2D eigenvalue weighted by molar-refractivity contribution is 5.88. The molecule has 0 aliphatic rings. The second-order valence-corrected chi connectivity index (χ2v) is 5.10. The Labute approximate surface area is 121 Å². The molecule has 5 nitrogen and oxygen atoms in total. The van der Waals surface area contributed by atoms with Crippen LogP contribution in [0.5, 0.6) is 5.75 Å². The van der Waals surface area contributed by atoms with Crippen molar-refractivity contribution in [2.24, 2.45) is 0 Å². The molecule has 1 aromatic carbocycles. The standard InChI is InChI=1S/C14H17F2NO4/c1-8(12(18)17(4)14(2,3)13(19)20)21-9-5-6-10(15)11(16)7-9/h5-8H,1-4H3,(H,19,20). The molecular weight excluding hydrogens is 284 g/mol.